The Morgan fingerprint density at radius 2 is 1.70 bits per heavy atom. The lowest BCUT2D eigenvalue weighted by molar-refractivity contribution is -0.0771. The van der Waals surface area contributed by atoms with Gasteiger partial charge in [-0.1, -0.05) is 6.07 Å². The lowest BCUT2D eigenvalue weighted by Crippen LogP contribution is -2.49. The summed E-state index contributed by atoms with van der Waals surface area (Å²) in [6.07, 6.45) is 7.69. The number of nitrogens with two attached hydrogens (primary N) is 1. The van der Waals surface area contributed by atoms with Gasteiger partial charge in [0.15, 0.2) is 0 Å². The number of ether oxygens (including phenoxy) is 1. The lowest BCUT2D eigenvalue weighted by atomic mass is 9.51. The van der Waals surface area contributed by atoms with Crippen molar-refractivity contribution in [3.8, 4) is 5.75 Å². The molecular weight excluding hydrogens is 246 g/mol. The number of anilines is 1. The second-order valence-corrected chi connectivity index (χ2v) is 7.40. The predicted molar refractivity (Wildman–Crippen MR) is 81.5 cm³/mol. The molecule has 4 aliphatic carbocycles. The SMILES string of the molecule is CC(Oc1cccc(N)c1)C1C2CC3CC(C2)CC1C3. The van der Waals surface area contributed by atoms with E-state index >= 15 is 0 Å². The molecule has 0 radical (unpaired) electrons. The first kappa shape index (κ1) is 12.6. The molecular formula is C18H25NO. The van der Waals surface area contributed by atoms with E-state index in [0.717, 1.165) is 41.0 Å². The first-order valence-electron chi connectivity index (χ1n) is 8.21. The van der Waals surface area contributed by atoms with Crippen molar-refractivity contribution in [3.05, 3.63) is 24.3 Å². The maximum Gasteiger partial charge on any atom is 0.121 e. The van der Waals surface area contributed by atoms with Crippen molar-refractivity contribution >= 4 is 5.69 Å². The number of hydrogen-bond acceptors (Lipinski definition) is 2. The molecule has 4 fully saturated rings. The van der Waals surface area contributed by atoms with Crippen molar-refractivity contribution in [3.63, 3.8) is 0 Å². The van der Waals surface area contributed by atoms with Crippen LogP contribution in [0.25, 0.3) is 0 Å². The van der Waals surface area contributed by atoms with E-state index in [1.807, 2.05) is 24.3 Å². The molecule has 1 atom stereocenters. The largest absolute Gasteiger partial charge is 0.490 e. The molecule has 0 aromatic heterocycles. The van der Waals surface area contributed by atoms with Crippen LogP contribution in [0.4, 0.5) is 5.69 Å². The molecule has 4 saturated carbocycles. The smallest absolute Gasteiger partial charge is 0.121 e. The molecule has 4 aliphatic rings. The summed E-state index contributed by atoms with van der Waals surface area (Å²) in [4.78, 5) is 0. The van der Waals surface area contributed by atoms with Crippen LogP contribution >= 0.6 is 0 Å². The third-order valence-electron chi connectivity index (χ3n) is 6.02. The summed E-state index contributed by atoms with van der Waals surface area (Å²) in [6, 6.07) is 7.88. The van der Waals surface area contributed by atoms with Crippen LogP contribution in [-0.2, 0) is 0 Å². The summed E-state index contributed by atoms with van der Waals surface area (Å²) in [6.45, 7) is 2.27. The average Bonchev–Trinajstić information content (AvgIpc) is 2.37. The Hall–Kier alpha value is -1.18. The highest BCUT2D eigenvalue weighted by atomic mass is 16.5. The molecule has 2 nitrogen and oxygen atoms in total. The van der Waals surface area contributed by atoms with Gasteiger partial charge >= 0.3 is 0 Å². The maximum atomic E-state index is 6.24. The van der Waals surface area contributed by atoms with Crippen LogP contribution < -0.4 is 10.5 Å². The van der Waals surface area contributed by atoms with Crippen LogP contribution in [-0.4, -0.2) is 6.10 Å². The monoisotopic (exact) mass is 271 g/mol. The Kier molecular flexibility index (Phi) is 2.94. The van der Waals surface area contributed by atoms with E-state index in [1.54, 1.807) is 0 Å². The average molecular weight is 271 g/mol. The Bertz CT molecular complexity index is 470. The molecule has 2 N–H and O–H groups in total. The van der Waals surface area contributed by atoms with E-state index in [0.29, 0.717) is 6.10 Å². The maximum absolute atomic E-state index is 6.24. The van der Waals surface area contributed by atoms with E-state index in [-0.39, 0.29) is 0 Å². The highest BCUT2D eigenvalue weighted by molar-refractivity contribution is 5.43. The van der Waals surface area contributed by atoms with Gasteiger partial charge in [-0.15, -0.1) is 0 Å². The fourth-order valence-electron chi connectivity index (χ4n) is 5.61. The molecule has 2 heteroatoms. The summed E-state index contributed by atoms with van der Waals surface area (Å²) < 4.78 is 6.24. The van der Waals surface area contributed by atoms with E-state index in [1.165, 1.54) is 32.1 Å². The lowest BCUT2D eigenvalue weighted by Gasteiger charge is -2.55. The van der Waals surface area contributed by atoms with E-state index in [2.05, 4.69) is 6.92 Å². The van der Waals surface area contributed by atoms with E-state index < -0.39 is 0 Å². The molecule has 0 amide bonds. The zero-order chi connectivity index (χ0) is 13.7. The van der Waals surface area contributed by atoms with Crippen LogP contribution in [0, 0.1) is 29.6 Å². The summed E-state index contributed by atoms with van der Waals surface area (Å²) in [5.74, 6) is 5.61. The summed E-state index contributed by atoms with van der Waals surface area (Å²) in [7, 11) is 0. The molecule has 20 heavy (non-hydrogen) atoms. The van der Waals surface area contributed by atoms with Crippen molar-refractivity contribution in [1.82, 2.24) is 0 Å². The molecule has 5 rings (SSSR count). The van der Waals surface area contributed by atoms with Gasteiger partial charge in [0.05, 0.1) is 6.10 Å². The number of nitrogen functional groups attached to an aromatic ring is 1. The van der Waals surface area contributed by atoms with E-state index in [9.17, 15) is 0 Å². The first-order valence-corrected chi connectivity index (χ1v) is 8.21. The van der Waals surface area contributed by atoms with Crippen molar-refractivity contribution in [1.29, 1.82) is 0 Å². The van der Waals surface area contributed by atoms with Gasteiger partial charge in [-0.2, -0.15) is 0 Å². The molecule has 0 saturated heterocycles. The van der Waals surface area contributed by atoms with Crippen LogP contribution in [0.15, 0.2) is 24.3 Å². The van der Waals surface area contributed by atoms with Crippen molar-refractivity contribution in [2.24, 2.45) is 29.6 Å². The molecule has 0 heterocycles. The molecule has 1 unspecified atom stereocenters. The Morgan fingerprint density at radius 3 is 2.30 bits per heavy atom. The standard InChI is InChI=1S/C18H25NO/c1-11(20-17-4-2-3-16(19)10-17)18-14-6-12-5-13(8-14)9-15(18)7-12/h2-4,10-15,18H,5-9,19H2,1H3. The quantitative estimate of drug-likeness (QED) is 0.840. The van der Waals surface area contributed by atoms with Gasteiger partial charge in [0.2, 0.25) is 0 Å². The van der Waals surface area contributed by atoms with Gasteiger partial charge in [0.1, 0.15) is 5.75 Å². The third kappa shape index (κ3) is 2.10. The zero-order valence-corrected chi connectivity index (χ0v) is 12.3. The van der Waals surface area contributed by atoms with Crippen molar-refractivity contribution < 1.29 is 4.74 Å². The van der Waals surface area contributed by atoms with Gasteiger partial charge in [0, 0.05) is 17.7 Å². The summed E-state index contributed by atoms with van der Waals surface area (Å²) >= 11 is 0. The molecule has 4 bridgehead atoms. The number of rotatable bonds is 3. The minimum Gasteiger partial charge on any atom is -0.490 e. The summed E-state index contributed by atoms with van der Waals surface area (Å²) in [5.41, 5.74) is 6.64. The van der Waals surface area contributed by atoms with Crippen LogP contribution in [0.5, 0.6) is 5.75 Å². The third-order valence-corrected chi connectivity index (χ3v) is 6.02. The first-order chi connectivity index (χ1) is 9.69. The van der Waals surface area contributed by atoms with Gasteiger partial charge in [0.25, 0.3) is 0 Å². The van der Waals surface area contributed by atoms with Gasteiger partial charge < -0.3 is 10.5 Å². The second-order valence-electron chi connectivity index (χ2n) is 7.40. The number of hydrogen-bond donors (Lipinski definition) is 1. The zero-order valence-electron chi connectivity index (χ0n) is 12.3. The fraction of sp³-hybridized carbons (Fsp3) is 0.667. The summed E-state index contributed by atoms with van der Waals surface area (Å²) in [5, 5.41) is 0. The topological polar surface area (TPSA) is 35.2 Å². The Balaban J connectivity index is 1.50. The Morgan fingerprint density at radius 1 is 1.05 bits per heavy atom. The molecule has 0 aliphatic heterocycles. The normalized spacial score (nSPS) is 39.8. The number of benzene rings is 1. The fourth-order valence-corrected chi connectivity index (χ4v) is 5.61. The van der Waals surface area contributed by atoms with Gasteiger partial charge in [-0.25, -0.2) is 0 Å². The molecule has 1 aromatic rings. The Labute approximate surface area is 121 Å². The molecule has 1 aromatic carbocycles. The van der Waals surface area contributed by atoms with Crippen LogP contribution in [0.1, 0.15) is 39.0 Å². The van der Waals surface area contributed by atoms with Crippen molar-refractivity contribution in [2.45, 2.75) is 45.1 Å². The minimum atomic E-state index is 0.326. The highest BCUT2D eigenvalue weighted by Crippen LogP contribution is 2.57. The van der Waals surface area contributed by atoms with Gasteiger partial charge in [-0.05, 0) is 74.8 Å². The minimum absolute atomic E-state index is 0.326. The van der Waals surface area contributed by atoms with Gasteiger partial charge in [-0.3, -0.25) is 0 Å². The molecule has 108 valence electrons. The van der Waals surface area contributed by atoms with Crippen LogP contribution in [0.2, 0.25) is 0 Å². The predicted octanol–water partition coefficient (Wildman–Crippen LogP) is 4.11. The second kappa shape index (κ2) is 4.68. The van der Waals surface area contributed by atoms with Crippen molar-refractivity contribution in [2.75, 3.05) is 5.73 Å². The van der Waals surface area contributed by atoms with Crippen LogP contribution in [0.3, 0.4) is 0 Å². The highest BCUT2D eigenvalue weighted by Gasteiger charge is 2.50. The molecule has 0 spiro atoms. The van der Waals surface area contributed by atoms with E-state index in [4.69, 9.17) is 10.5 Å².